The van der Waals surface area contributed by atoms with E-state index in [-0.39, 0.29) is 24.1 Å². The summed E-state index contributed by atoms with van der Waals surface area (Å²) in [6.07, 6.45) is 2.95. The predicted octanol–water partition coefficient (Wildman–Crippen LogP) is 0.480. The van der Waals surface area contributed by atoms with Crippen molar-refractivity contribution in [1.29, 1.82) is 0 Å². The summed E-state index contributed by atoms with van der Waals surface area (Å²) >= 11 is 0. The largest absolute Gasteiger partial charge is 0.463 e. The van der Waals surface area contributed by atoms with E-state index in [1.165, 1.54) is 0 Å². The van der Waals surface area contributed by atoms with Crippen LogP contribution in [0.4, 0.5) is 0 Å². The minimum Gasteiger partial charge on any atom is -0.463 e. The fourth-order valence-electron chi connectivity index (χ4n) is 1.84. The highest BCUT2D eigenvalue weighted by Gasteiger charge is 2.30. The SMILES string of the molecule is O=C(OCC1CO1)C1CCCC(O)C1. The van der Waals surface area contributed by atoms with Gasteiger partial charge in [0.2, 0.25) is 0 Å². The van der Waals surface area contributed by atoms with Gasteiger partial charge >= 0.3 is 5.97 Å². The van der Waals surface area contributed by atoms with Crippen LogP contribution in [0.5, 0.6) is 0 Å². The lowest BCUT2D eigenvalue weighted by atomic mass is 9.87. The first-order valence-electron chi connectivity index (χ1n) is 5.22. The van der Waals surface area contributed by atoms with Crippen molar-refractivity contribution in [3.8, 4) is 0 Å². The number of aliphatic hydroxyl groups excluding tert-OH is 1. The van der Waals surface area contributed by atoms with Gasteiger partial charge in [-0.25, -0.2) is 0 Å². The van der Waals surface area contributed by atoms with Gasteiger partial charge in [-0.05, 0) is 19.3 Å². The summed E-state index contributed by atoms with van der Waals surface area (Å²) in [6, 6.07) is 0. The van der Waals surface area contributed by atoms with E-state index in [0.29, 0.717) is 19.6 Å². The number of aliphatic hydroxyl groups is 1. The van der Waals surface area contributed by atoms with Gasteiger partial charge in [-0.1, -0.05) is 6.42 Å². The smallest absolute Gasteiger partial charge is 0.309 e. The molecule has 80 valence electrons. The van der Waals surface area contributed by atoms with Crippen LogP contribution < -0.4 is 0 Å². The van der Waals surface area contributed by atoms with Crippen molar-refractivity contribution in [3.05, 3.63) is 0 Å². The Kier molecular flexibility index (Phi) is 3.03. The van der Waals surface area contributed by atoms with Gasteiger partial charge in [-0.15, -0.1) is 0 Å². The van der Waals surface area contributed by atoms with Crippen LogP contribution in [-0.4, -0.2) is 36.5 Å². The van der Waals surface area contributed by atoms with E-state index < -0.39 is 0 Å². The van der Waals surface area contributed by atoms with Gasteiger partial charge in [0.25, 0.3) is 0 Å². The number of carbonyl (C=O) groups is 1. The van der Waals surface area contributed by atoms with Crippen molar-refractivity contribution < 1.29 is 19.4 Å². The molecule has 1 N–H and O–H groups in total. The van der Waals surface area contributed by atoms with E-state index in [0.717, 1.165) is 19.3 Å². The molecule has 3 atom stereocenters. The van der Waals surface area contributed by atoms with Crippen molar-refractivity contribution in [2.45, 2.75) is 37.9 Å². The number of carbonyl (C=O) groups excluding carboxylic acids is 1. The van der Waals surface area contributed by atoms with Gasteiger partial charge in [0.1, 0.15) is 12.7 Å². The summed E-state index contributed by atoms with van der Waals surface area (Å²) in [5.74, 6) is -0.267. The van der Waals surface area contributed by atoms with Crippen LogP contribution in [0, 0.1) is 5.92 Å². The number of hydrogen-bond donors (Lipinski definition) is 1. The number of hydrogen-bond acceptors (Lipinski definition) is 4. The van der Waals surface area contributed by atoms with Gasteiger partial charge in [0, 0.05) is 0 Å². The van der Waals surface area contributed by atoms with Crippen molar-refractivity contribution in [2.75, 3.05) is 13.2 Å². The molecule has 4 nitrogen and oxygen atoms in total. The molecule has 0 aromatic rings. The van der Waals surface area contributed by atoms with Crippen LogP contribution in [-0.2, 0) is 14.3 Å². The average molecular weight is 200 g/mol. The second-order valence-electron chi connectivity index (χ2n) is 4.10. The Bertz CT molecular complexity index is 212. The van der Waals surface area contributed by atoms with E-state index >= 15 is 0 Å². The molecule has 1 saturated carbocycles. The highest BCUT2D eigenvalue weighted by atomic mass is 16.6. The second-order valence-corrected chi connectivity index (χ2v) is 4.10. The highest BCUT2D eigenvalue weighted by Crippen LogP contribution is 2.25. The van der Waals surface area contributed by atoms with Crippen LogP contribution in [0.15, 0.2) is 0 Å². The van der Waals surface area contributed by atoms with E-state index in [1.807, 2.05) is 0 Å². The minimum atomic E-state index is -0.321. The van der Waals surface area contributed by atoms with Crippen molar-refractivity contribution >= 4 is 5.97 Å². The molecule has 0 bridgehead atoms. The molecule has 0 aromatic carbocycles. The van der Waals surface area contributed by atoms with Crippen LogP contribution in [0.2, 0.25) is 0 Å². The van der Waals surface area contributed by atoms with E-state index in [2.05, 4.69) is 0 Å². The van der Waals surface area contributed by atoms with Crippen LogP contribution in [0.25, 0.3) is 0 Å². The average Bonchev–Trinajstić information content (AvgIpc) is 2.97. The fraction of sp³-hybridized carbons (Fsp3) is 0.900. The third-order valence-corrected chi connectivity index (χ3v) is 2.79. The molecule has 1 aliphatic carbocycles. The topological polar surface area (TPSA) is 59.1 Å². The summed E-state index contributed by atoms with van der Waals surface area (Å²) in [4.78, 5) is 11.5. The number of ether oxygens (including phenoxy) is 2. The molecule has 1 aliphatic heterocycles. The van der Waals surface area contributed by atoms with E-state index in [9.17, 15) is 9.90 Å². The first-order valence-corrected chi connectivity index (χ1v) is 5.22. The first kappa shape index (κ1) is 9.93. The molecule has 2 aliphatic rings. The van der Waals surface area contributed by atoms with Crippen LogP contribution in [0.1, 0.15) is 25.7 Å². The molecule has 2 rings (SSSR count). The van der Waals surface area contributed by atoms with Gasteiger partial charge in [-0.2, -0.15) is 0 Å². The Hall–Kier alpha value is -0.610. The van der Waals surface area contributed by atoms with E-state index in [4.69, 9.17) is 9.47 Å². The zero-order valence-electron chi connectivity index (χ0n) is 8.15. The van der Waals surface area contributed by atoms with E-state index in [1.54, 1.807) is 0 Å². The Labute approximate surface area is 83.2 Å². The van der Waals surface area contributed by atoms with Gasteiger partial charge in [0.05, 0.1) is 18.6 Å². The molecule has 4 heteroatoms. The molecule has 0 aromatic heterocycles. The molecule has 3 unspecified atom stereocenters. The van der Waals surface area contributed by atoms with Crippen LogP contribution in [0.3, 0.4) is 0 Å². The van der Waals surface area contributed by atoms with Crippen molar-refractivity contribution in [3.63, 3.8) is 0 Å². The summed E-state index contributed by atoms with van der Waals surface area (Å²) in [5.41, 5.74) is 0. The number of rotatable bonds is 3. The maximum absolute atomic E-state index is 11.5. The molecule has 0 radical (unpaired) electrons. The van der Waals surface area contributed by atoms with Crippen molar-refractivity contribution in [2.24, 2.45) is 5.92 Å². The van der Waals surface area contributed by atoms with Gasteiger partial charge in [-0.3, -0.25) is 4.79 Å². The molecular formula is C10H16O4. The normalized spacial score (nSPS) is 36.5. The third-order valence-electron chi connectivity index (χ3n) is 2.79. The Balaban J connectivity index is 1.71. The monoisotopic (exact) mass is 200 g/mol. The lowest BCUT2D eigenvalue weighted by Crippen LogP contribution is -2.28. The summed E-state index contributed by atoms with van der Waals surface area (Å²) < 4.78 is 10.0. The predicted molar refractivity (Wildman–Crippen MR) is 48.7 cm³/mol. The summed E-state index contributed by atoms with van der Waals surface area (Å²) in [5, 5.41) is 9.39. The maximum Gasteiger partial charge on any atom is 0.309 e. The molecule has 2 fully saturated rings. The quantitative estimate of drug-likeness (QED) is 0.531. The lowest BCUT2D eigenvalue weighted by Gasteiger charge is -2.23. The highest BCUT2D eigenvalue weighted by molar-refractivity contribution is 5.72. The zero-order chi connectivity index (χ0) is 9.97. The summed E-state index contributed by atoms with van der Waals surface area (Å²) in [7, 11) is 0. The third kappa shape index (κ3) is 2.69. The first-order chi connectivity index (χ1) is 6.75. The maximum atomic E-state index is 11.5. The molecule has 1 heterocycles. The molecule has 14 heavy (non-hydrogen) atoms. The van der Waals surface area contributed by atoms with Crippen molar-refractivity contribution in [1.82, 2.24) is 0 Å². The van der Waals surface area contributed by atoms with Gasteiger partial charge in [0.15, 0.2) is 0 Å². The molecular weight excluding hydrogens is 184 g/mol. The fourth-order valence-corrected chi connectivity index (χ4v) is 1.84. The second kappa shape index (κ2) is 4.28. The number of esters is 1. The minimum absolute atomic E-state index is 0.0995. The number of epoxide rings is 1. The molecule has 1 saturated heterocycles. The van der Waals surface area contributed by atoms with Crippen LogP contribution >= 0.6 is 0 Å². The Morgan fingerprint density at radius 2 is 2.29 bits per heavy atom. The summed E-state index contributed by atoms with van der Waals surface area (Å²) in [6.45, 7) is 1.09. The Morgan fingerprint density at radius 3 is 2.93 bits per heavy atom. The molecule has 0 amide bonds. The van der Waals surface area contributed by atoms with Gasteiger partial charge < -0.3 is 14.6 Å². The zero-order valence-corrected chi connectivity index (χ0v) is 8.15. The Morgan fingerprint density at radius 1 is 1.50 bits per heavy atom. The lowest BCUT2D eigenvalue weighted by molar-refractivity contribution is -0.151. The molecule has 0 spiro atoms. The standard InChI is InChI=1S/C10H16O4/c11-8-3-1-2-7(4-8)10(12)14-6-9-5-13-9/h7-9,11H,1-6H2.